The van der Waals surface area contributed by atoms with Gasteiger partial charge in [0, 0.05) is 12.2 Å². The van der Waals surface area contributed by atoms with Gasteiger partial charge in [-0.05, 0) is 55.7 Å². The molecule has 0 bridgehead atoms. The van der Waals surface area contributed by atoms with Gasteiger partial charge < -0.3 is 15.8 Å². The van der Waals surface area contributed by atoms with E-state index < -0.39 is 11.7 Å². The lowest BCUT2D eigenvalue weighted by Gasteiger charge is -2.19. The molecule has 0 aliphatic rings. The minimum Gasteiger partial charge on any atom is -0.444 e. The zero-order valence-electron chi connectivity index (χ0n) is 13.2. The largest absolute Gasteiger partial charge is 0.444 e. The molecule has 0 radical (unpaired) electrons. The van der Waals surface area contributed by atoms with Crippen molar-refractivity contribution < 1.29 is 9.53 Å². The number of hydrogen-bond acceptors (Lipinski definition) is 3. The number of carbonyl (C=O) groups excluding carboxylic acids is 1. The van der Waals surface area contributed by atoms with Crippen LogP contribution in [0.25, 0.3) is 11.1 Å². The third-order valence-corrected chi connectivity index (χ3v) is 2.98. The number of anilines is 1. The maximum Gasteiger partial charge on any atom is 0.407 e. The van der Waals surface area contributed by atoms with E-state index in [4.69, 9.17) is 10.5 Å². The lowest BCUT2D eigenvalue weighted by Crippen LogP contribution is -2.32. The van der Waals surface area contributed by atoms with Gasteiger partial charge in [-0.15, -0.1) is 0 Å². The van der Waals surface area contributed by atoms with Crippen molar-refractivity contribution in [1.29, 1.82) is 0 Å². The fourth-order valence-corrected chi connectivity index (χ4v) is 2.07. The van der Waals surface area contributed by atoms with Crippen molar-refractivity contribution in [1.82, 2.24) is 5.32 Å². The van der Waals surface area contributed by atoms with Crippen molar-refractivity contribution in [3.8, 4) is 11.1 Å². The molecule has 22 heavy (non-hydrogen) atoms. The van der Waals surface area contributed by atoms with Gasteiger partial charge in [-0.2, -0.15) is 0 Å². The molecule has 0 atom stereocenters. The molecule has 116 valence electrons. The molecule has 0 spiro atoms. The van der Waals surface area contributed by atoms with Crippen LogP contribution in [0.2, 0.25) is 0 Å². The summed E-state index contributed by atoms with van der Waals surface area (Å²) in [6, 6.07) is 15.7. The molecule has 0 saturated heterocycles. The van der Waals surface area contributed by atoms with E-state index in [0.717, 1.165) is 22.4 Å². The number of amides is 1. The van der Waals surface area contributed by atoms with Crippen LogP contribution >= 0.6 is 0 Å². The molecule has 0 aliphatic heterocycles. The van der Waals surface area contributed by atoms with E-state index in [1.165, 1.54) is 0 Å². The number of ether oxygens (including phenoxy) is 1. The third kappa shape index (κ3) is 4.81. The van der Waals surface area contributed by atoms with Crippen molar-refractivity contribution in [2.24, 2.45) is 0 Å². The highest BCUT2D eigenvalue weighted by Gasteiger charge is 2.15. The minimum absolute atomic E-state index is 0.415. The van der Waals surface area contributed by atoms with E-state index in [1.54, 1.807) is 0 Å². The van der Waals surface area contributed by atoms with Gasteiger partial charge in [0.2, 0.25) is 0 Å². The molecule has 4 nitrogen and oxygen atoms in total. The lowest BCUT2D eigenvalue weighted by molar-refractivity contribution is 0.0523. The van der Waals surface area contributed by atoms with Crippen LogP contribution in [-0.2, 0) is 11.3 Å². The molecule has 2 rings (SSSR count). The first kappa shape index (κ1) is 15.9. The van der Waals surface area contributed by atoms with Crippen LogP contribution < -0.4 is 11.1 Å². The summed E-state index contributed by atoms with van der Waals surface area (Å²) in [6.45, 7) is 5.94. The molecule has 3 N–H and O–H groups in total. The minimum atomic E-state index is -0.493. The zero-order valence-corrected chi connectivity index (χ0v) is 13.2. The molecular weight excluding hydrogens is 276 g/mol. The summed E-state index contributed by atoms with van der Waals surface area (Å²) in [4.78, 5) is 11.7. The monoisotopic (exact) mass is 298 g/mol. The van der Waals surface area contributed by atoms with Crippen LogP contribution in [0.4, 0.5) is 10.5 Å². The van der Waals surface area contributed by atoms with Gasteiger partial charge >= 0.3 is 6.09 Å². The average molecular weight is 298 g/mol. The molecule has 0 aliphatic carbocycles. The van der Waals surface area contributed by atoms with Crippen molar-refractivity contribution in [3.63, 3.8) is 0 Å². The van der Waals surface area contributed by atoms with Gasteiger partial charge in [-0.25, -0.2) is 4.79 Å². The SMILES string of the molecule is CC(C)(C)OC(=O)NCc1cccc(-c2cccc(N)c2)c1. The Morgan fingerprint density at radius 2 is 1.73 bits per heavy atom. The van der Waals surface area contributed by atoms with Crippen LogP contribution in [0.15, 0.2) is 48.5 Å². The van der Waals surface area contributed by atoms with Crippen molar-refractivity contribution in [2.75, 3.05) is 5.73 Å². The summed E-state index contributed by atoms with van der Waals surface area (Å²) < 4.78 is 5.22. The van der Waals surface area contributed by atoms with E-state index >= 15 is 0 Å². The Morgan fingerprint density at radius 1 is 1.09 bits per heavy atom. The first-order chi connectivity index (χ1) is 10.3. The summed E-state index contributed by atoms with van der Waals surface area (Å²) in [5.74, 6) is 0. The number of carbonyl (C=O) groups is 1. The van der Waals surface area contributed by atoms with Crippen LogP contribution in [0.1, 0.15) is 26.3 Å². The second-order valence-electron chi connectivity index (χ2n) is 6.18. The van der Waals surface area contributed by atoms with Crippen molar-refractivity contribution in [3.05, 3.63) is 54.1 Å². The smallest absolute Gasteiger partial charge is 0.407 e. The van der Waals surface area contributed by atoms with Crippen molar-refractivity contribution >= 4 is 11.8 Å². The molecule has 2 aromatic rings. The summed E-state index contributed by atoms with van der Waals surface area (Å²) in [5.41, 5.74) is 9.18. The number of rotatable bonds is 3. The van der Waals surface area contributed by atoms with Gasteiger partial charge in [0.25, 0.3) is 0 Å². The van der Waals surface area contributed by atoms with Gasteiger partial charge in [0.15, 0.2) is 0 Å². The number of nitrogens with one attached hydrogen (secondary N) is 1. The van der Waals surface area contributed by atoms with Crippen LogP contribution in [0.3, 0.4) is 0 Å². The van der Waals surface area contributed by atoms with Gasteiger partial charge in [-0.1, -0.05) is 30.3 Å². The predicted octanol–water partition coefficient (Wildman–Crippen LogP) is 3.96. The number of nitrogens with two attached hydrogens (primary N) is 1. The Bertz CT molecular complexity index is 660. The quantitative estimate of drug-likeness (QED) is 0.843. The third-order valence-electron chi connectivity index (χ3n) is 2.98. The molecule has 4 heteroatoms. The van der Waals surface area contributed by atoms with E-state index in [9.17, 15) is 4.79 Å². The predicted molar refractivity (Wildman–Crippen MR) is 89.4 cm³/mol. The fraction of sp³-hybridized carbons (Fsp3) is 0.278. The normalized spacial score (nSPS) is 11.0. The molecule has 0 saturated carbocycles. The summed E-state index contributed by atoms with van der Waals surface area (Å²) in [6.07, 6.45) is -0.415. The topological polar surface area (TPSA) is 64.3 Å². The number of benzene rings is 2. The van der Waals surface area contributed by atoms with E-state index in [0.29, 0.717) is 6.54 Å². The Balaban J connectivity index is 2.05. The van der Waals surface area contributed by atoms with Crippen LogP contribution in [0.5, 0.6) is 0 Å². The average Bonchev–Trinajstić information content (AvgIpc) is 2.44. The fourth-order valence-electron chi connectivity index (χ4n) is 2.07. The zero-order chi connectivity index (χ0) is 16.2. The standard InChI is InChI=1S/C18H22N2O2/c1-18(2,3)22-17(21)20-12-13-6-4-7-14(10-13)15-8-5-9-16(19)11-15/h4-11H,12,19H2,1-3H3,(H,20,21). The highest BCUT2D eigenvalue weighted by atomic mass is 16.6. The first-order valence-electron chi connectivity index (χ1n) is 7.25. The molecule has 2 aromatic carbocycles. The van der Waals surface area contributed by atoms with Gasteiger partial charge in [-0.3, -0.25) is 0 Å². The van der Waals surface area contributed by atoms with Gasteiger partial charge in [0.05, 0.1) is 0 Å². The Hall–Kier alpha value is -2.49. The molecule has 0 unspecified atom stereocenters. The van der Waals surface area contributed by atoms with E-state index in [2.05, 4.69) is 5.32 Å². The van der Waals surface area contributed by atoms with Crippen LogP contribution in [0, 0.1) is 0 Å². The highest BCUT2D eigenvalue weighted by molar-refractivity contribution is 5.69. The lowest BCUT2D eigenvalue weighted by atomic mass is 10.0. The maximum atomic E-state index is 11.7. The van der Waals surface area contributed by atoms with Gasteiger partial charge in [0.1, 0.15) is 5.60 Å². The second-order valence-corrected chi connectivity index (χ2v) is 6.18. The Kier molecular flexibility index (Phi) is 4.71. The maximum absolute atomic E-state index is 11.7. The summed E-state index contributed by atoms with van der Waals surface area (Å²) >= 11 is 0. The van der Waals surface area contributed by atoms with E-state index in [-0.39, 0.29) is 0 Å². The number of hydrogen-bond donors (Lipinski definition) is 2. The molecule has 1 amide bonds. The number of alkyl carbamates (subject to hydrolysis) is 1. The molecule has 0 fully saturated rings. The Morgan fingerprint density at radius 3 is 2.36 bits per heavy atom. The highest BCUT2D eigenvalue weighted by Crippen LogP contribution is 2.22. The molecule has 0 heterocycles. The number of nitrogen functional groups attached to an aromatic ring is 1. The second kappa shape index (κ2) is 6.52. The first-order valence-corrected chi connectivity index (χ1v) is 7.25. The van der Waals surface area contributed by atoms with Crippen LogP contribution in [-0.4, -0.2) is 11.7 Å². The summed E-state index contributed by atoms with van der Waals surface area (Å²) in [7, 11) is 0. The Labute approximate surface area is 131 Å². The van der Waals surface area contributed by atoms with E-state index in [1.807, 2.05) is 69.3 Å². The molecule has 0 aromatic heterocycles. The van der Waals surface area contributed by atoms with Crippen molar-refractivity contribution in [2.45, 2.75) is 32.9 Å². The molecular formula is C18H22N2O2. The summed E-state index contributed by atoms with van der Waals surface area (Å²) in [5, 5.41) is 2.76.